The average Bonchev–Trinajstić information content (AvgIpc) is 4.21. The van der Waals surface area contributed by atoms with Gasteiger partial charge in [-0.05, 0) is 133 Å². The molecular weight excluding hydrogens is 931 g/mol. The summed E-state index contributed by atoms with van der Waals surface area (Å²) < 4.78 is 5.10. The van der Waals surface area contributed by atoms with Crippen molar-refractivity contribution in [2.24, 2.45) is 16.8 Å². The molecule has 13 aromatic rings. The number of aromatic nitrogens is 2. The molecule has 1 aliphatic carbocycles. The van der Waals surface area contributed by atoms with Crippen LogP contribution in [0.3, 0.4) is 0 Å². The molecule has 0 fully saturated rings. The normalized spacial score (nSPS) is 14.2. The molecule has 11 aromatic carbocycles. The van der Waals surface area contributed by atoms with Crippen LogP contribution >= 0.6 is 0 Å². The fraction of sp³-hybridized carbons (Fsp3) is 0.149. The first kappa shape index (κ1) is 46.7. The van der Waals surface area contributed by atoms with Gasteiger partial charge in [0, 0.05) is 50.8 Å². The molecule has 4 unspecified atom stereocenters. The van der Waals surface area contributed by atoms with E-state index in [-0.39, 0.29) is 23.8 Å². The van der Waals surface area contributed by atoms with Gasteiger partial charge < -0.3 is 9.13 Å². The van der Waals surface area contributed by atoms with E-state index in [0.29, 0.717) is 0 Å². The second-order valence-electron chi connectivity index (χ2n) is 21.7. The maximum Gasteiger partial charge on any atom is 0.0778 e. The van der Waals surface area contributed by atoms with Gasteiger partial charge in [-0.3, -0.25) is 4.99 Å². The Labute approximate surface area is 451 Å². The van der Waals surface area contributed by atoms with Crippen molar-refractivity contribution < 1.29 is 0 Å². The van der Waals surface area contributed by atoms with Crippen molar-refractivity contribution in [2.75, 3.05) is 0 Å². The zero-order valence-electron chi connectivity index (χ0n) is 44.3. The molecule has 0 amide bonds. The van der Waals surface area contributed by atoms with Gasteiger partial charge >= 0.3 is 0 Å². The van der Waals surface area contributed by atoms with Crippen molar-refractivity contribution in [1.29, 1.82) is 0 Å². The minimum Gasteiger partial charge on any atom is -0.309 e. The van der Waals surface area contributed by atoms with E-state index >= 15 is 0 Å². The lowest BCUT2D eigenvalue weighted by molar-refractivity contribution is 0.453. The summed E-state index contributed by atoms with van der Waals surface area (Å²) in [5.74, 6) is 0.399. The minimum absolute atomic E-state index is 0.0449. The Hall–Kier alpha value is -8.79. The second kappa shape index (κ2) is 19.1. The Morgan fingerprint density at radius 2 is 1.04 bits per heavy atom. The number of hydrogen-bond donors (Lipinski definition) is 0. The third-order valence-electron chi connectivity index (χ3n) is 17.4. The monoisotopic (exact) mass is 991 g/mol. The van der Waals surface area contributed by atoms with E-state index < -0.39 is 0 Å². The lowest BCUT2D eigenvalue weighted by Gasteiger charge is -2.30. The van der Waals surface area contributed by atoms with E-state index in [1.807, 2.05) is 0 Å². The van der Waals surface area contributed by atoms with Gasteiger partial charge in [0.25, 0.3) is 0 Å². The summed E-state index contributed by atoms with van der Waals surface area (Å²) >= 11 is 0. The summed E-state index contributed by atoms with van der Waals surface area (Å²) in [4.78, 5) is 6.29. The molecule has 14 rings (SSSR count). The van der Waals surface area contributed by atoms with Crippen molar-refractivity contribution in [3.05, 3.63) is 264 Å². The quantitative estimate of drug-likeness (QED) is 0.109. The van der Waals surface area contributed by atoms with Crippen LogP contribution in [0.4, 0.5) is 0 Å². The Morgan fingerprint density at radius 1 is 0.455 bits per heavy atom. The predicted molar refractivity (Wildman–Crippen MR) is 328 cm³/mol. The summed E-state index contributed by atoms with van der Waals surface area (Å²) in [7, 11) is 0. The van der Waals surface area contributed by atoms with Crippen LogP contribution in [0.25, 0.3) is 98.8 Å². The third-order valence-corrected chi connectivity index (χ3v) is 17.4. The molecule has 0 N–H and O–H groups in total. The molecule has 3 heteroatoms. The van der Waals surface area contributed by atoms with Gasteiger partial charge in [0.05, 0.1) is 33.8 Å². The highest BCUT2D eigenvalue weighted by Gasteiger charge is 2.33. The molecule has 0 radical (unpaired) electrons. The molecule has 77 heavy (non-hydrogen) atoms. The molecule has 0 saturated heterocycles. The number of hydrogen-bond acceptors (Lipinski definition) is 1. The van der Waals surface area contributed by atoms with E-state index in [9.17, 15) is 0 Å². The Balaban J connectivity index is 1.03. The van der Waals surface area contributed by atoms with Crippen LogP contribution in [0.15, 0.2) is 242 Å². The Morgan fingerprint density at radius 3 is 1.74 bits per heavy atom. The van der Waals surface area contributed by atoms with Crippen molar-refractivity contribution in [3.63, 3.8) is 0 Å². The van der Waals surface area contributed by atoms with E-state index in [1.165, 1.54) is 127 Å². The molecule has 4 atom stereocenters. The molecule has 2 aromatic heterocycles. The number of fused-ring (bicyclic) bond motifs is 11. The first-order chi connectivity index (χ1) is 37.9. The van der Waals surface area contributed by atoms with Gasteiger partial charge in [-0.15, -0.1) is 0 Å². The summed E-state index contributed by atoms with van der Waals surface area (Å²) in [5.41, 5.74) is 20.1. The van der Waals surface area contributed by atoms with Gasteiger partial charge in [-0.2, -0.15) is 0 Å². The summed E-state index contributed by atoms with van der Waals surface area (Å²) in [6.45, 7) is 9.60. The lowest BCUT2D eigenvalue weighted by atomic mass is 9.78. The molecule has 0 saturated carbocycles. The Kier molecular flexibility index (Phi) is 11.6. The molecule has 372 valence electrons. The Bertz CT molecular complexity index is 4420. The zero-order valence-corrected chi connectivity index (χ0v) is 44.3. The maximum absolute atomic E-state index is 6.29. The summed E-state index contributed by atoms with van der Waals surface area (Å²) in [6.07, 6.45) is 2.77. The lowest BCUT2D eigenvalue weighted by Crippen LogP contribution is -2.24. The first-order valence-corrected chi connectivity index (χ1v) is 27.9. The largest absolute Gasteiger partial charge is 0.309 e. The first-order valence-electron chi connectivity index (χ1n) is 27.9. The molecule has 0 aliphatic heterocycles. The van der Waals surface area contributed by atoms with E-state index in [1.54, 1.807) is 0 Å². The molecule has 1 aliphatic rings. The van der Waals surface area contributed by atoms with Crippen LogP contribution < -0.4 is 0 Å². The summed E-state index contributed by atoms with van der Waals surface area (Å²) in [6, 6.07) is 88.4. The molecule has 2 heterocycles. The van der Waals surface area contributed by atoms with Gasteiger partial charge in [-0.1, -0.05) is 222 Å². The number of aliphatic imine (C=N–C) groups is 1. The predicted octanol–water partition coefficient (Wildman–Crippen LogP) is 19.8. The zero-order chi connectivity index (χ0) is 51.7. The maximum atomic E-state index is 6.29. The molecule has 0 spiro atoms. The topological polar surface area (TPSA) is 22.2 Å². The van der Waals surface area contributed by atoms with E-state index in [4.69, 9.17) is 4.99 Å². The van der Waals surface area contributed by atoms with Gasteiger partial charge in [0.15, 0.2) is 0 Å². The minimum atomic E-state index is -0.0750. The van der Waals surface area contributed by atoms with Crippen LogP contribution in [-0.4, -0.2) is 14.8 Å². The standard InChI is InChI=1S/C74H61N3/c1-5-47(3)72(51-38-36-50(37-39-51)49-22-9-7-10-23-49)75-73(63-33-21-32-62-60-30-17-19-34-68(60)76(74(62)63)58-28-11-8-12-29-58)59(6-2)48(4)56-43-65-64-41-53-25-14-13-24-52(53)40-57(64)44-67(65)71(46-56)77-69-35-20-18-31-61(69)66-42-54-26-15-16-27-55(54)45-70(66)77/h7-43,45-48,59,72H,5-6,44H2,1-4H3/b75-73+. The average molecular weight is 992 g/mol. The van der Waals surface area contributed by atoms with Crippen LogP contribution in [-0.2, 0) is 6.42 Å². The van der Waals surface area contributed by atoms with E-state index in [2.05, 4.69) is 273 Å². The van der Waals surface area contributed by atoms with Crippen LogP contribution in [0.5, 0.6) is 0 Å². The smallest absolute Gasteiger partial charge is 0.0778 e. The number of benzene rings is 11. The van der Waals surface area contributed by atoms with Crippen LogP contribution in [0.1, 0.15) is 80.3 Å². The van der Waals surface area contributed by atoms with E-state index in [0.717, 1.165) is 24.9 Å². The van der Waals surface area contributed by atoms with Crippen molar-refractivity contribution in [3.8, 4) is 33.6 Å². The second-order valence-corrected chi connectivity index (χ2v) is 21.7. The van der Waals surface area contributed by atoms with Crippen LogP contribution in [0, 0.1) is 11.8 Å². The fourth-order valence-electron chi connectivity index (χ4n) is 13.2. The number of rotatable bonds is 12. The molecule has 3 nitrogen and oxygen atoms in total. The van der Waals surface area contributed by atoms with Gasteiger partial charge in [-0.25, -0.2) is 0 Å². The fourth-order valence-corrected chi connectivity index (χ4v) is 13.2. The SMILES string of the molecule is CCC(C)C(/N=C(/c1cccc2c3ccccc3n(-c3ccccc3)c12)C(CC)C(C)c1cc2c(c(-n3c4ccccc4c4cc5ccccc5cc43)c1)Cc1cc3ccccc3cc1-2)c1ccc(-c2ccccc2)cc1. The number of nitrogens with zero attached hydrogens (tertiary/aromatic N) is 3. The third kappa shape index (κ3) is 7.82. The molecule has 0 bridgehead atoms. The highest BCUT2D eigenvalue weighted by Crippen LogP contribution is 2.48. The van der Waals surface area contributed by atoms with Crippen molar-refractivity contribution in [1.82, 2.24) is 9.13 Å². The van der Waals surface area contributed by atoms with Crippen molar-refractivity contribution in [2.45, 2.75) is 58.9 Å². The number of para-hydroxylation sites is 4. The van der Waals surface area contributed by atoms with Crippen molar-refractivity contribution >= 4 is 70.9 Å². The highest BCUT2D eigenvalue weighted by atomic mass is 15.0. The van der Waals surface area contributed by atoms with Gasteiger partial charge in [0.1, 0.15) is 0 Å². The molecular formula is C74H61N3. The summed E-state index contributed by atoms with van der Waals surface area (Å²) in [5, 5.41) is 10.1. The highest BCUT2D eigenvalue weighted by molar-refractivity contribution is 6.19. The van der Waals surface area contributed by atoms with Gasteiger partial charge in [0.2, 0.25) is 0 Å². The van der Waals surface area contributed by atoms with Crippen LogP contribution in [0.2, 0.25) is 0 Å².